The molecule has 0 amide bonds. The first-order valence-electron chi connectivity index (χ1n) is 14.0. The summed E-state index contributed by atoms with van der Waals surface area (Å²) in [6.45, 7) is 4.50. The molecule has 0 aromatic heterocycles. The Bertz CT molecular complexity index is 933. The molecule has 1 N–H and O–H groups in total. The molecule has 2 rings (SSSR count). The van der Waals surface area contributed by atoms with Gasteiger partial charge in [-0.2, -0.15) is 8.42 Å². The van der Waals surface area contributed by atoms with Crippen molar-refractivity contribution in [2.45, 2.75) is 134 Å². The van der Waals surface area contributed by atoms with Crippen LogP contribution in [0.5, 0.6) is 0 Å². The Hall–Kier alpha value is -1.39. The summed E-state index contributed by atoms with van der Waals surface area (Å²) in [6, 6.07) is 9.60. The van der Waals surface area contributed by atoms with Crippen molar-refractivity contribution in [2.75, 3.05) is 0 Å². The maximum Gasteiger partial charge on any atom is 0.295 e. The Morgan fingerprint density at radius 2 is 1.09 bits per heavy atom. The zero-order chi connectivity index (χ0) is 24.7. The van der Waals surface area contributed by atoms with Crippen LogP contribution >= 0.6 is 0 Å². The highest BCUT2D eigenvalue weighted by atomic mass is 32.2. The number of fused-ring (bicyclic) bond motifs is 1. The molecular weight excluding hydrogens is 440 g/mol. The van der Waals surface area contributed by atoms with Crippen molar-refractivity contribution in [2.24, 2.45) is 0 Å². The molecule has 0 atom stereocenters. The molecule has 0 spiro atoms. The van der Waals surface area contributed by atoms with Crippen molar-refractivity contribution in [3.8, 4) is 0 Å². The van der Waals surface area contributed by atoms with E-state index < -0.39 is 10.1 Å². The van der Waals surface area contributed by atoms with Gasteiger partial charge in [0.2, 0.25) is 0 Å². The smallest absolute Gasteiger partial charge is 0.282 e. The molecule has 0 saturated heterocycles. The van der Waals surface area contributed by atoms with Gasteiger partial charge in [0.25, 0.3) is 10.1 Å². The predicted molar refractivity (Wildman–Crippen MR) is 146 cm³/mol. The SMILES string of the molecule is CCCCCCCCCCc1ccc2c(S(=O)(=O)O)ccc(CCCCCCCCCC)c2c1. The van der Waals surface area contributed by atoms with E-state index in [1.54, 1.807) is 6.07 Å². The highest BCUT2D eigenvalue weighted by molar-refractivity contribution is 7.86. The second-order valence-corrected chi connectivity index (χ2v) is 11.4. The lowest BCUT2D eigenvalue weighted by Gasteiger charge is -2.12. The first-order valence-corrected chi connectivity index (χ1v) is 15.4. The minimum absolute atomic E-state index is 0.0285. The summed E-state index contributed by atoms with van der Waals surface area (Å²) in [6.07, 6.45) is 22.6. The van der Waals surface area contributed by atoms with Gasteiger partial charge < -0.3 is 0 Å². The summed E-state index contributed by atoms with van der Waals surface area (Å²) >= 11 is 0. The zero-order valence-electron chi connectivity index (χ0n) is 21.8. The van der Waals surface area contributed by atoms with Crippen LogP contribution in [0.25, 0.3) is 10.8 Å². The summed E-state index contributed by atoms with van der Waals surface area (Å²) < 4.78 is 33.6. The van der Waals surface area contributed by atoms with E-state index in [1.807, 2.05) is 18.2 Å². The number of hydrogen-bond donors (Lipinski definition) is 1. The lowest BCUT2D eigenvalue weighted by atomic mass is 9.95. The third kappa shape index (κ3) is 10.5. The van der Waals surface area contributed by atoms with Crippen molar-refractivity contribution in [3.05, 3.63) is 41.5 Å². The summed E-state index contributed by atoms with van der Waals surface area (Å²) in [5.41, 5.74) is 2.47. The summed E-state index contributed by atoms with van der Waals surface area (Å²) in [4.78, 5) is 0.0285. The molecule has 0 heterocycles. The fraction of sp³-hybridized carbons (Fsp3) is 0.667. The quantitative estimate of drug-likeness (QED) is 0.158. The first-order chi connectivity index (χ1) is 16.5. The summed E-state index contributed by atoms with van der Waals surface area (Å²) in [5, 5.41) is 1.65. The molecule has 192 valence electrons. The maximum atomic E-state index is 11.9. The number of unbranched alkanes of at least 4 members (excludes halogenated alkanes) is 14. The Balaban J connectivity index is 1.96. The van der Waals surface area contributed by atoms with Gasteiger partial charge in [0.1, 0.15) is 4.90 Å². The van der Waals surface area contributed by atoms with E-state index in [0.29, 0.717) is 5.39 Å². The van der Waals surface area contributed by atoms with Gasteiger partial charge in [-0.25, -0.2) is 0 Å². The average Bonchev–Trinajstić information content (AvgIpc) is 2.81. The molecule has 0 aliphatic heterocycles. The van der Waals surface area contributed by atoms with E-state index in [9.17, 15) is 13.0 Å². The van der Waals surface area contributed by atoms with E-state index in [4.69, 9.17) is 0 Å². The van der Waals surface area contributed by atoms with Gasteiger partial charge in [0.05, 0.1) is 0 Å². The van der Waals surface area contributed by atoms with Crippen LogP contribution < -0.4 is 0 Å². The lowest BCUT2D eigenvalue weighted by Crippen LogP contribution is -2.01. The van der Waals surface area contributed by atoms with E-state index >= 15 is 0 Å². The minimum atomic E-state index is -4.23. The lowest BCUT2D eigenvalue weighted by molar-refractivity contribution is 0.484. The number of benzene rings is 2. The molecule has 0 fully saturated rings. The summed E-state index contributed by atoms with van der Waals surface area (Å²) in [5.74, 6) is 0. The largest absolute Gasteiger partial charge is 0.295 e. The van der Waals surface area contributed by atoms with Gasteiger partial charge in [-0.05, 0) is 48.3 Å². The number of rotatable bonds is 19. The Morgan fingerprint density at radius 1 is 0.588 bits per heavy atom. The molecule has 0 bridgehead atoms. The van der Waals surface area contributed by atoms with Crippen molar-refractivity contribution in [3.63, 3.8) is 0 Å². The van der Waals surface area contributed by atoms with E-state index in [2.05, 4.69) is 19.9 Å². The molecule has 2 aromatic rings. The van der Waals surface area contributed by atoms with Gasteiger partial charge in [0.15, 0.2) is 0 Å². The van der Waals surface area contributed by atoms with Crippen LogP contribution in [0.15, 0.2) is 35.2 Å². The highest BCUT2D eigenvalue weighted by Gasteiger charge is 2.16. The van der Waals surface area contributed by atoms with E-state index in [0.717, 1.165) is 24.6 Å². The standard InChI is InChI=1S/C30H48O3S/c1-3-5-7-9-11-13-15-17-19-26-21-23-28-29(25-26)27(22-24-30(28)34(31,32)33)20-18-16-14-12-10-8-6-4-2/h21-25H,3-20H2,1-2H3,(H,31,32,33). The molecule has 0 saturated carbocycles. The number of aryl methyl sites for hydroxylation is 2. The fourth-order valence-electron chi connectivity index (χ4n) is 4.94. The van der Waals surface area contributed by atoms with Crippen LogP contribution in [0, 0.1) is 0 Å². The predicted octanol–water partition coefficient (Wildman–Crippen LogP) is 9.45. The third-order valence-electron chi connectivity index (χ3n) is 7.03. The Labute approximate surface area is 209 Å². The van der Waals surface area contributed by atoms with Gasteiger partial charge in [0, 0.05) is 5.39 Å². The molecule has 34 heavy (non-hydrogen) atoms. The molecule has 0 aliphatic carbocycles. The third-order valence-corrected chi connectivity index (χ3v) is 7.94. The van der Waals surface area contributed by atoms with Crippen LogP contribution in [-0.2, 0) is 23.0 Å². The fourth-order valence-corrected chi connectivity index (χ4v) is 5.63. The average molecular weight is 489 g/mol. The molecule has 0 unspecified atom stereocenters. The van der Waals surface area contributed by atoms with Gasteiger partial charge >= 0.3 is 0 Å². The molecule has 0 aliphatic rings. The Kier molecular flexibility index (Phi) is 13.8. The first kappa shape index (κ1) is 28.8. The molecular formula is C30H48O3S. The van der Waals surface area contributed by atoms with Gasteiger partial charge in [-0.3, -0.25) is 4.55 Å². The topological polar surface area (TPSA) is 54.4 Å². The van der Waals surface area contributed by atoms with Crippen LogP contribution in [0.1, 0.15) is 128 Å². The minimum Gasteiger partial charge on any atom is -0.282 e. The maximum absolute atomic E-state index is 11.9. The second kappa shape index (κ2) is 16.3. The van der Waals surface area contributed by atoms with Crippen LogP contribution in [0.3, 0.4) is 0 Å². The van der Waals surface area contributed by atoms with E-state index in [1.165, 1.54) is 107 Å². The second-order valence-electron chi connectivity index (χ2n) is 10.0. The van der Waals surface area contributed by atoms with Gasteiger partial charge in [-0.1, -0.05) is 128 Å². The summed E-state index contributed by atoms with van der Waals surface area (Å²) in [7, 11) is -4.23. The van der Waals surface area contributed by atoms with Crippen molar-refractivity contribution >= 4 is 20.9 Å². The Morgan fingerprint density at radius 3 is 1.62 bits per heavy atom. The van der Waals surface area contributed by atoms with Crippen molar-refractivity contribution in [1.82, 2.24) is 0 Å². The van der Waals surface area contributed by atoms with Crippen LogP contribution in [-0.4, -0.2) is 13.0 Å². The number of hydrogen-bond acceptors (Lipinski definition) is 2. The zero-order valence-corrected chi connectivity index (χ0v) is 22.6. The highest BCUT2D eigenvalue weighted by Crippen LogP contribution is 2.29. The van der Waals surface area contributed by atoms with Crippen molar-refractivity contribution in [1.29, 1.82) is 0 Å². The van der Waals surface area contributed by atoms with Gasteiger partial charge in [-0.15, -0.1) is 0 Å². The van der Waals surface area contributed by atoms with E-state index in [-0.39, 0.29) is 4.90 Å². The molecule has 4 heteroatoms. The molecule has 0 radical (unpaired) electrons. The normalized spacial score (nSPS) is 12.0. The molecule has 3 nitrogen and oxygen atoms in total. The monoisotopic (exact) mass is 488 g/mol. The van der Waals surface area contributed by atoms with Crippen LogP contribution in [0.2, 0.25) is 0 Å². The van der Waals surface area contributed by atoms with Crippen LogP contribution in [0.4, 0.5) is 0 Å². The molecule has 2 aromatic carbocycles. The van der Waals surface area contributed by atoms with Crippen molar-refractivity contribution < 1.29 is 13.0 Å².